The Kier molecular flexibility index (Phi) is 4.21. The summed E-state index contributed by atoms with van der Waals surface area (Å²) in [4.78, 5) is 24.9. The molecule has 0 bridgehead atoms. The number of aromatic nitrogens is 4. The highest BCUT2D eigenvalue weighted by molar-refractivity contribution is 6.29. The maximum Gasteiger partial charge on any atom is 0.337 e. The molecule has 0 aliphatic carbocycles. The first-order valence-electron chi connectivity index (χ1n) is 8.03. The van der Waals surface area contributed by atoms with Gasteiger partial charge in [0.1, 0.15) is 16.5 Å². The molecule has 134 valence electrons. The number of nitrogen functional groups attached to an aromatic ring is 1. The maximum atomic E-state index is 11.7. The first-order valence-corrected chi connectivity index (χ1v) is 8.41. The minimum absolute atomic E-state index is 0.348. The molecule has 3 aromatic heterocycles. The van der Waals surface area contributed by atoms with Crippen molar-refractivity contribution in [1.29, 1.82) is 0 Å². The molecule has 0 saturated heterocycles. The second-order valence-corrected chi connectivity index (χ2v) is 6.11. The largest absolute Gasteiger partial charge is 0.465 e. The molecular formula is C19H14ClN5O2. The number of carbonyl (C=O) groups is 1. The minimum Gasteiger partial charge on any atom is -0.465 e. The number of benzene rings is 1. The van der Waals surface area contributed by atoms with E-state index in [1.807, 2.05) is 10.6 Å². The van der Waals surface area contributed by atoms with Crippen LogP contribution in [0.25, 0.3) is 28.2 Å². The minimum atomic E-state index is -0.407. The van der Waals surface area contributed by atoms with Crippen molar-refractivity contribution < 1.29 is 9.53 Å². The fourth-order valence-corrected chi connectivity index (χ4v) is 2.97. The lowest BCUT2D eigenvalue weighted by Crippen LogP contribution is -2.04. The van der Waals surface area contributed by atoms with Crippen LogP contribution in [0.15, 0.2) is 54.7 Å². The van der Waals surface area contributed by atoms with E-state index >= 15 is 0 Å². The number of halogens is 1. The number of hydrogen-bond acceptors (Lipinski definition) is 6. The molecule has 0 aliphatic heterocycles. The number of hydrogen-bond donors (Lipinski definition) is 1. The molecule has 4 rings (SSSR count). The zero-order valence-electron chi connectivity index (χ0n) is 14.3. The zero-order chi connectivity index (χ0) is 19.0. The van der Waals surface area contributed by atoms with Crippen molar-refractivity contribution in [3.63, 3.8) is 0 Å². The van der Waals surface area contributed by atoms with Crippen LogP contribution in [0.5, 0.6) is 0 Å². The van der Waals surface area contributed by atoms with E-state index in [4.69, 9.17) is 22.1 Å². The number of nitrogens with two attached hydrogens (primary N) is 1. The Morgan fingerprint density at radius 1 is 1.11 bits per heavy atom. The van der Waals surface area contributed by atoms with Gasteiger partial charge in [-0.3, -0.25) is 4.57 Å². The van der Waals surface area contributed by atoms with Crippen molar-refractivity contribution in [2.45, 2.75) is 0 Å². The summed E-state index contributed by atoms with van der Waals surface area (Å²) in [6.07, 6.45) is 1.62. The smallest absolute Gasteiger partial charge is 0.337 e. The van der Waals surface area contributed by atoms with E-state index in [9.17, 15) is 4.79 Å². The molecule has 4 aromatic rings. The third-order valence-electron chi connectivity index (χ3n) is 4.10. The summed E-state index contributed by atoms with van der Waals surface area (Å²) in [6, 6.07) is 14.0. The van der Waals surface area contributed by atoms with Crippen molar-refractivity contribution >= 4 is 34.6 Å². The number of nitrogens with zero attached hydrogens (tertiary/aromatic N) is 4. The van der Waals surface area contributed by atoms with Gasteiger partial charge in [0.05, 0.1) is 18.2 Å². The molecule has 27 heavy (non-hydrogen) atoms. The predicted octanol–water partition coefficient (Wildman–Crippen LogP) is 3.50. The Morgan fingerprint density at radius 2 is 1.89 bits per heavy atom. The fraction of sp³-hybridized carbons (Fsp3) is 0.0526. The molecule has 1 aromatic carbocycles. The number of fused-ring (bicyclic) bond motifs is 1. The normalized spacial score (nSPS) is 10.9. The van der Waals surface area contributed by atoms with Gasteiger partial charge in [0, 0.05) is 11.9 Å². The van der Waals surface area contributed by atoms with Crippen LogP contribution in [-0.2, 0) is 4.74 Å². The van der Waals surface area contributed by atoms with Crippen LogP contribution >= 0.6 is 11.6 Å². The molecule has 0 unspecified atom stereocenters. The molecule has 0 fully saturated rings. The zero-order valence-corrected chi connectivity index (χ0v) is 15.0. The molecule has 0 radical (unpaired) electrons. The van der Waals surface area contributed by atoms with E-state index in [2.05, 4.69) is 15.0 Å². The quantitative estimate of drug-likeness (QED) is 0.432. The number of methoxy groups -OCH3 is 1. The Morgan fingerprint density at radius 3 is 2.59 bits per heavy atom. The number of esters is 1. The average Bonchev–Trinajstić information content (AvgIpc) is 3.06. The van der Waals surface area contributed by atoms with Gasteiger partial charge in [-0.15, -0.1) is 0 Å². The van der Waals surface area contributed by atoms with Crippen LogP contribution < -0.4 is 5.73 Å². The number of anilines is 1. The third kappa shape index (κ3) is 2.98. The SMILES string of the molecule is COC(=O)c1ccc(-n2c(-c3cccnc3N)nc3ccc(Cl)nc32)cc1. The Balaban J connectivity index is 1.98. The number of carbonyl (C=O) groups excluding carboxylic acids is 1. The van der Waals surface area contributed by atoms with Crippen LogP contribution in [0.4, 0.5) is 5.82 Å². The van der Waals surface area contributed by atoms with Crippen molar-refractivity contribution in [3.8, 4) is 17.1 Å². The first-order chi connectivity index (χ1) is 13.1. The summed E-state index contributed by atoms with van der Waals surface area (Å²) in [6.45, 7) is 0. The lowest BCUT2D eigenvalue weighted by atomic mass is 10.2. The Hall–Kier alpha value is -3.45. The van der Waals surface area contributed by atoms with Gasteiger partial charge in [-0.25, -0.2) is 19.7 Å². The van der Waals surface area contributed by atoms with Crippen LogP contribution in [0.3, 0.4) is 0 Å². The molecule has 0 spiro atoms. The molecule has 7 nitrogen and oxygen atoms in total. The van der Waals surface area contributed by atoms with Gasteiger partial charge in [-0.2, -0.15) is 0 Å². The van der Waals surface area contributed by atoms with Crippen LogP contribution in [0, 0.1) is 0 Å². The number of rotatable bonds is 3. The monoisotopic (exact) mass is 379 g/mol. The van der Waals surface area contributed by atoms with E-state index in [-0.39, 0.29) is 0 Å². The Bertz CT molecular complexity index is 1150. The first kappa shape index (κ1) is 17.0. The fourth-order valence-electron chi connectivity index (χ4n) is 2.83. The van der Waals surface area contributed by atoms with Crippen molar-refractivity contribution in [3.05, 3.63) is 65.4 Å². The van der Waals surface area contributed by atoms with E-state index < -0.39 is 5.97 Å². The number of imidazole rings is 1. The van der Waals surface area contributed by atoms with E-state index in [1.54, 1.807) is 48.7 Å². The number of ether oxygens (including phenoxy) is 1. The van der Waals surface area contributed by atoms with Crippen molar-refractivity contribution in [1.82, 2.24) is 19.5 Å². The van der Waals surface area contributed by atoms with Gasteiger partial charge in [-0.1, -0.05) is 11.6 Å². The van der Waals surface area contributed by atoms with Gasteiger partial charge < -0.3 is 10.5 Å². The molecule has 2 N–H and O–H groups in total. The summed E-state index contributed by atoms with van der Waals surface area (Å²) in [5.41, 5.74) is 9.16. The molecule has 0 atom stereocenters. The highest BCUT2D eigenvalue weighted by atomic mass is 35.5. The van der Waals surface area contributed by atoms with Crippen LogP contribution in [0.1, 0.15) is 10.4 Å². The molecule has 0 amide bonds. The van der Waals surface area contributed by atoms with Gasteiger partial charge >= 0.3 is 5.97 Å². The Labute approximate surface area is 159 Å². The summed E-state index contributed by atoms with van der Waals surface area (Å²) < 4.78 is 6.58. The molecule has 0 aliphatic rings. The number of pyridine rings is 2. The topological polar surface area (TPSA) is 95.9 Å². The molecule has 3 heterocycles. The van der Waals surface area contributed by atoms with Gasteiger partial charge in [0.2, 0.25) is 0 Å². The average molecular weight is 380 g/mol. The second kappa shape index (κ2) is 6.69. The second-order valence-electron chi connectivity index (χ2n) is 5.72. The molecule has 0 saturated carbocycles. The van der Waals surface area contributed by atoms with E-state index in [0.717, 1.165) is 5.69 Å². The van der Waals surface area contributed by atoms with E-state index in [0.29, 0.717) is 39.1 Å². The third-order valence-corrected chi connectivity index (χ3v) is 4.31. The lowest BCUT2D eigenvalue weighted by Gasteiger charge is -2.10. The molecular weight excluding hydrogens is 366 g/mol. The highest BCUT2D eigenvalue weighted by Gasteiger charge is 2.18. The van der Waals surface area contributed by atoms with Crippen molar-refractivity contribution in [2.75, 3.05) is 12.8 Å². The standard InChI is InChI=1S/C19H14ClN5O2/c1-27-19(26)11-4-6-12(7-5-11)25-17(13-3-2-10-22-16(13)21)23-14-8-9-15(20)24-18(14)25/h2-10H,1H3,(H2,21,22). The van der Waals surface area contributed by atoms with Gasteiger partial charge in [0.15, 0.2) is 11.5 Å². The maximum absolute atomic E-state index is 11.7. The highest BCUT2D eigenvalue weighted by Crippen LogP contribution is 2.30. The van der Waals surface area contributed by atoms with Crippen LogP contribution in [0.2, 0.25) is 5.15 Å². The van der Waals surface area contributed by atoms with Gasteiger partial charge in [0.25, 0.3) is 0 Å². The lowest BCUT2D eigenvalue weighted by molar-refractivity contribution is 0.0601. The van der Waals surface area contributed by atoms with Gasteiger partial charge in [-0.05, 0) is 48.5 Å². The van der Waals surface area contributed by atoms with Crippen molar-refractivity contribution in [2.24, 2.45) is 0 Å². The molecule has 8 heteroatoms. The summed E-state index contributed by atoms with van der Waals surface area (Å²) >= 11 is 6.10. The summed E-state index contributed by atoms with van der Waals surface area (Å²) in [5.74, 6) is 0.525. The summed E-state index contributed by atoms with van der Waals surface area (Å²) in [5, 5.41) is 0.348. The van der Waals surface area contributed by atoms with E-state index in [1.165, 1.54) is 7.11 Å². The van der Waals surface area contributed by atoms with Crippen LogP contribution in [-0.4, -0.2) is 32.6 Å². The predicted molar refractivity (Wildman–Crippen MR) is 103 cm³/mol. The summed E-state index contributed by atoms with van der Waals surface area (Å²) in [7, 11) is 1.34.